The summed E-state index contributed by atoms with van der Waals surface area (Å²) in [5.74, 6) is -0.185. The predicted octanol–water partition coefficient (Wildman–Crippen LogP) is 4.34. The van der Waals surface area contributed by atoms with Crippen LogP contribution in [-0.2, 0) is 11.3 Å². The van der Waals surface area contributed by atoms with E-state index in [1.54, 1.807) is 47.0 Å². The van der Waals surface area contributed by atoms with E-state index in [4.69, 9.17) is 21.3 Å². The van der Waals surface area contributed by atoms with Crippen molar-refractivity contribution in [2.24, 2.45) is 0 Å². The average Bonchev–Trinajstić information content (AvgIpc) is 3.36. The molecule has 0 radical (unpaired) electrons. The minimum absolute atomic E-state index is 0.0673. The van der Waals surface area contributed by atoms with Crippen LogP contribution in [0.2, 0.25) is 5.02 Å². The fraction of sp³-hybridized carbons (Fsp3) is 0.360. The highest BCUT2D eigenvalue weighted by molar-refractivity contribution is 7.99. The molecule has 2 heterocycles. The number of aromatic nitrogens is 2. The van der Waals surface area contributed by atoms with Crippen LogP contribution in [-0.4, -0.2) is 46.2 Å². The fourth-order valence-corrected chi connectivity index (χ4v) is 4.82. The molecule has 3 aromatic rings. The van der Waals surface area contributed by atoms with Gasteiger partial charge in [-0.15, -0.1) is 0 Å². The summed E-state index contributed by atoms with van der Waals surface area (Å²) in [5.41, 5.74) is 1.21. The summed E-state index contributed by atoms with van der Waals surface area (Å²) in [6.07, 6.45) is 2.58. The number of carbonyl (C=O) groups is 2. The van der Waals surface area contributed by atoms with Crippen LogP contribution in [0.15, 0.2) is 52.4 Å². The molecule has 0 aliphatic carbocycles. The van der Waals surface area contributed by atoms with Gasteiger partial charge in [-0.05, 0) is 61.7 Å². The Labute approximate surface area is 206 Å². The third-order valence-electron chi connectivity index (χ3n) is 5.63. The second-order valence-corrected chi connectivity index (χ2v) is 9.53. The first-order valence-corrected chi connectivity index (χ1v) is 12.7. The number of amides is 1. The molecule has 1 amide bonds. The Hall–Kier alpha value is -2.68. The first kappa shape index (κ1) is 24.4. The normalized spacial score (nSPS) is 15.5. The molecule has 9 heteroatoms. The van der Waals surface area contributed by atoms with Crippen LogP contribution >= 0.6 is 23.4 Å². The molecule has 0 saturated carbocycles. The molecule has 4 rings (SSSR count). The van der Waals surface area contributed by atoms with Crippen molar-refractivity contribution >= 4 is 46.0 Å². The third kappa shape index (κ3) is 5.68. The van der Waals surface area contributed by atoms with Gasteiger partial charge < -0.3 is 10.1 Å². The van der Waals surface area contributed by atoms with Gasteiger partial charge in [-0.25, -0.2) is 4.98 Å². The molecular weight excluding hydrogens is 474 g/mol. The summed E-state index contributed by atoms with van der Waals surface area (Å²) in [6.45, 7) is 3.60. The summed E-state index contributed by atoms with van der Waals surface area (Å²) in [5, 5.41) is 4.26. The number of Topliss-reactive ketones (excluding diaryl/α,β-unsaturated/α-hetero) is 1. The average molecular weight is 500 g/mol. The predicted molar refractivity (Wildman–Crippen MR) is 134 cm³/mol. The van der Waals surface area contributed by atoms with Crippen molar-refractivity contribution in [2.45, 2.75) is 44.0 Å². The van der Waals surface area contributed by atoms with Gasteiger partial charge in [-0.1, -0.05) is 30.3 Å². The topological polar surface area (TPSA) is 90.3 Å². The number of thioether (sulfide) groups is 1. The molecule has 7 nitrogen and oxygen atoms in total. The van der Waals surface area contributed by atoms with Crippen molar-refractivity contribution in [3.8, 4) is 0 Å². The van der Waals surface area contributed by atoms with Gasteiger partial charge in [0.25, 0.3) is 11.5 Å². The molecule has 1 aliphatic rings. The lowest BCUT2D eigenvalue weighted by Crippen LogP contribution is -2.29. The Morgan fingerprint density at radius 2 is 1.97 bits per heavy atom. The van der Waals surface area contributed by atoms with Gasteiger partial charge in [0.05, 0.1) is 29.3 Å². The fourth-order valence-electron chi connectivity index (χ4n) is 3.79. The second kappa shape index (κ2) is 11.2. The molecule has 1 fully saturated rings. The Morgan fingerprint density at radius 1 is 1.21 bits per heavy atom. The highest BCUT2D eigenvalue weighted by Crippen LogP contribution is 2.23. The maximum atomic E-state index is 13.4. The number of fused-ring (bicyclic) bond motifs is 1. The van der Waals surface area contributed by atoms with Crippen molar-refractivity contribution in [2.75, 3.05) is 18.9 Å². The Morgan fingerprint density at radius 3 is 2.68 bits per heavy atom. The Kier molecular flexibility index (Phi) is 8.03. The lowest BCUT2D eigenvalue weighted by atomic mass is 10.1. The molecule has 1 saturated heterocycles. The van der Waals surface area contributed by atoms with Gasteiger partial charge >= 0.3 is 0 Å². The van der Waals surface area contributed by atoms with E-state index in [1.165, 1.54) is 11.8 Å². The molecular formula is C25H26ClN3O4S. The number of halogens is 1. The van der Waals surface area contributed by atoms with Gasteiger partial charge in [-0.2, -0.15) is 0 Å². The van der Waals surface area contributed by atoms with E-state index in [1.807, 2.05) is 6.92 Å². The van der Waals surface area contributed by atoms with Crippen molar-refractivity contribution in [3.05, 3.63) is 69.0 Å². The zero-order valence-corrected chi connectivity index (χ0v) is 20.5. The summed E-state index contributed by atoms with van der Waals surface area (Å²) in [7, 11) is 0. The van der Waals surface area contributed by atoms with E-state index >= 15 is 0 Å². The van der Waals surface area contributed by atoms with E-state index in [-0.39, 0.29) is 29.1 Å². The van der Waals surface area contributed by atoms with E-state index in [0.29, 0.717) is 51.9 Å². The summed E-state index contributed by atoms with van der Waals surface area (Å²) in [4.78, 5) is 43.2. The number of hydrogen-bond donors (Lipinski definition) is 1. The second-order valence-electron chi connectivity index (χ2n) is 8.15. The van der Waals surface area contributed by atoms with Crippen LogP contribution < -0.4 is 10.9 Å². The molecule has 0 spiro atoms. The molecule has 178 valence electrons. The first-order chi connectivity index (χ1) is 16.5. The van der Waals surface area contributed by atoms with Crippen LogP contribution in [0.1, 0.15) is 46.9 Å². The van der Waals surface area contributed by atoms with Crippen LogP contribution in [0.3, 0.4) is 0 Å². The van der Waals surface area contributed by atoms with Gasteiger partial charge in [0.15, 0.2) is 10.9 Å². The third-order valence-corrected chi connectivity index (χ3v) is 6.86. The van der Waals surface area contributed by atoms with Gasteiger partial charge in [0.1, 0.15) is 0 Å². The maximum absolute atomic E-state index is 13.4. The summed E-state index contributed by atoms with van der Waals surface area (Å²) in [6, 6.07) is 11.6. The van der Waals surface area contributed by atoms with Crippen molar-refractivity contribution in [1.29, 1.82) is 0 Å². The van der Waals surface area contributed by atoms with Crippen LogP contribution in [0.25, 0.3) is 10.9 Å². The lowest BCUT2D eigenvalue weighted by Gasteiger charge is -2.16. The summed E-state index contributed by atoms with van der Waals surface area (Å²) >= 11 is 7.13. The van der Waals surface area contributed by atoms with E-state index < -0.39 is 0 Å². The largest absolute Gasteiger partial charge is 0.376 e. The minimum Gasteiger partial charge on any atom is -0.376 e. The molecule has 1 unspecified atom stereocenters. The number of nitrogens with one attached hydrogen (secondary N) is 1. The molecule has 2 aromatic carbocycles. The van der Waals surface area contributed by atoms with Gasteiger partial charge in [-0.3, -0.25) is 19.0 Å². The number of ether oxygens (including phenoxy) is 1. The Balaban J connectivity index is 1.66. The number of nitrogens with zero attached hydrogens (tertiary/aromatic N) is 2. The molecule has 1 N–H and O–H groups in total. The van der Waals surface area contributed by atoms with E-state index in [0.717, 1.165) is 19.3 Å². The molecule has 1 atom stereocenters. The lowest BCUT2D eigenvalue weighted by molar-refractivity contribution is 0.0937. The van der Waals surface area contributed by atoms with Crippen molar-refractivity contribution in [3.63, 3.8) is 0 Å². The number of carbonyl (C=O) groups excluding carboxylic acids is 2. The number of benzene rings is 2. The van der Waals surface area contributed by atoms with Gasteiger partial charge in [0.2, 0.25) is 0 Å². The summed E-state index contributed by atoms with van der Waals surface area (Å²) < 4.78 is 7.34. The zero-order valence-electron chi connectivity index (χ0n) is 18.9. The number of ketones is 1. The first-order valence-electron chi connectivity index (χ1n) is 11.3. The van der Waals surface area contributed by atoms with Crippen LogP contribution in [0, 0.1) is 0 Å². The SMILES string of the molecule is CCCNC(=O)c1ccc2c(=O)n(CC3CCCO3)c(SCC(=O)c3ccc(Cl)cc3)nc2c1. The number of rotatable bonds is 9. The van der Waals surface area contributed by atoms with Crippen molar-refractivity contribution in [1.82, 2.24) is 14.9 Å². The minimum atomic E-state index is -0.207. The standard InChI is InChI=1S/C25H26ClN3O4S/c1-2-11-27-23(31)17-7-10-20-21(13-17)28-25(29(24(20)32)14-19-4-3-12-33-19)34-15-22(30)16-5-8-18(26)9-6-16/h5-10,13,19H,2-4,11-12,14-15H2,1H3,(H,27,31). The highest BCUT2D eigenvalue weighted by Gasteiger charge is 2.21. The molecule has 1 aliphatic heterocycles. The quantitative estimate of drug-likeness (QED) is 0.267. The van der Waals surface area contributed by atoms with Gasteiger partial charge in [0, 0.05) is 29.3 Å². The smallest absolute Gasteiger partial charge is 0.262 e. The highest BCUT2D eigenvalue weighted by atomic mass is 35.5. The van der Waals surface area contributed by atoms with E-state index in [9.17, 15) is 14.4 Å². The molecule has 0 bridgehead atoms. The molecule has 1 aromatic heterocycles. The monoisotopic (exact) mass is 499 g/mol. The Bertz CT molecular complexity index is 1250. The maximum Gasteiger partial charge on any atom is 0.262 e. The zero-order chi connectivity index (χ0) is 24.1. The van der Waals surface area contributed by atoms with Crippen LogP contribution in [0.5, 0.6) is 0 Å². The van der Waals surface area contributed by atoms with E-state index in [2.05, 4.69) is 5.32 Å². The van der Waals surface area contributed by atoms with Crippen LogP contribution in [0.4, 0.5) is 0 Å². The van der Waals surface area contributed by atoms with Crippen molar-refractivity contribution < 1.29 is 14.3 Å². The molecule has 34 heavy (non-hydrogen) atoms. The number of hydrogen-bond acceptors (Lipinski definition) is 6.